The summed E-state index contributed by atoms with van der Waals surface area (Å²) in [5, 5.41) is 2.62. The maximum atomic E-state index is 5.81. The zero-order chi connectivity index (χ0) is 11.4. The molecule has 1 heteroatoms. The van der Waals surface area contributed by atoms with Gasteiger partial charge in [0.2, 0.25) is 0 Å². The molecule has 0 aliphatic carbocycles. The minimum Gasteiger partial charge on any atom is -0.326 e. The van der Waals surface area contributed by atoms with Crippen LogP contribution in [0.3, 0.4) is 0 Å². The summed E-state index contributed by atoms with van der Waals surface area (Å²) in [7, 11) is 0. The van der Waals surface area contributed by atoms with Crippen molar-refractivity contribution >= 4 is 10.8 Å². The van der Waals surface area contributed by atoms with Crippen LogP contribution in [0.25, 0.3) is 10.8 Å². The van der Waals surface area contributed by atoms with Gasteiger partial charge in [-0.05, 0) is 40.8 Å². The predicted octanol–water partition coefficient (Wildman–Crippen LogP) is 3.64. The van der Waals surface area contributed by atoms with Crippen molar-refractivity contribution in [3.63, 3.8) is 0 Å². The van der Waals surface area contributed by atoms with Crippen LogP contribution in [0.4, 0.5) is 0 Å². The number of rotatable bonds is 4. The molecule has 0 amide bonds. The van der Waals surface area contributed by atoms with Crippen LogP contribution >= 0.6 is 0 Å². The lowest BCUT2D eigenvalue weighted by molar-refractivity contribution is 0.787. The third-order valence-corrected chi connectivity index (χ3v) is 3.09. The molecule has 0 saturated heterocycles. The molecule has 0 unspecified atom stereocenters. The molecule has 0 aliphatic heterocycles. The Morgan fingerprint density at radius 3 is 2.19 bits per heavy atom. The van der Waals surface area contributed by atoms with Gasteiger partial charge in [-0.3, -0.25) is 0 Å². The molecule has 0 aromatic heterocycles. The Hall–Kier alpha value is -1.34. The van der Waals surface area contributed by atoms with Gasteiger partial charge in [-0.25, -0.2) is 0 Å². The molecule has 0 spiro atoms. The summed E-state index contributed by atoms with van der Waals surface area (Å²) < 4.78 is 0. The molecule has 16 heavy (non-hydrogen) atoms. The summed E-state index contributed by atoms with van der Waals surface area (Å²) in [6.07, 6.45) is 3.62. The lowest BCUT2D eigenvalue weighted by atomic mass is 9.97. The lowest BCUT2D eigenvalue weighted by Crippen LogP contribution is -2.01. The highest BCUT2D eigenvalue weighted by Crippen LogP contribution is 2.21. The first-order valence-electron chi connectivity index (χ1n) is 6.05. The van der Waals surface area contributed by atoms with Gasteiger partial charge in [0.15, 0.2) is 0 Å². The van der Waals surface area contributed by atoms with Gasteiger partial charge in [0, 0.05) is 6.54 Å². The Bertz CT molecular complexity index is 474. The monoisotopic (exact) mass is 213 g/mol. The molecular weight excluding hydrogens is 194 g/mol. The Morgan fingerprint density at radius 1 is 1.00 bits per heavy atom. The molecule has 0 atom stereocenters. The van der Waals surface area contributed by atoms with E-state index in [1.54, 1.807) is 0 Å². The second-order valence-electron chi connectivity index (χ2n) is 4.28. The summed E-state index contributed by atoms with van der Waals surface area (Å²) in [4.78, 5) is 0. The van der Waals surface area contributed by atoms with E-state index in [4.69, 9.17) is 5.73 Å². The van der Waals surface area contributed by atoms with E-state index in [0.29, 0.717) is 6.54 Å². The molecule has 0 fully saturated rings. The zero-order valence-electron chi connectivity index (χ0n) is 9.87. The second-order valence-corrected chi connectivity index (χ2v) is 4.28. The Balaban J connectivity index is 2.45. The quantitative estimate of drug-likeness (QED) is 0.824. The van der Waals surface area contributed by atoms with E-state index < -0.39 is 0 Å². The van der Waals surface area contributed by atoms with Gasteiger partial charge in [-0.1, -0.05) is 43.7 Å². The minimum atomic E-state index is 0.643. The molecule has 84 valence electrons. The fourth-order valence-electron chi connectivity index (χ4n) is 2.12. The van der Waals surface area contributed by atoms with Crippen molar-refractivity contribution < 1.29 is 0 Å². The van der Waals surface area contributed by atoms with E-state index in [0.717, 1.165) is 6.42 Å². The van der Waals surface area contributed by atoms with Crippen molar-refractivity contribution in [1.82, 2.24) is 0 Å². The molecule has 0 aliphatic rings. The number of benzene rings is 2. The largest absolute Gasteiger partial charge is 0.326 e. The predicted molar refractivity (Wildman–Crippen MR) is 70.5 cm³/mol. The van der Waals surface area contributed by atoms with Gasteiger partial charge in [0.25, 0.3) is 0 Å². The number of unbranched alkanes of at least 4 members (excludes halogenated alkanes) is 1. The van der Waals surface area contributed by atoms with E-state index in [1.165, 1.54) is 34.7 Å². The minimum absolute atomic E-state index is 0.643. The van der Waals surface area contributed by atoms with Crippen molar-refractivity contribution in [2.24, 2.45) is 5.73 Å². The molecular formula is C15H19N. The van der Waals surface area contributed by atoms with Crippen molar-refractivity contribution in [1.29, 1.82) is 0 Å². The van der Waals surface area contributed by atoms with Crippen LogP contribution in [-0.2, 0) is 13.0 Å². The standard InChI is InChI=1S/C15H19N/c1-2-3-6-14-9-12-7-4-5-8-13(12)10-15(14)11-16/h4-5,7-10H,2-3,6,11,16H2,1H3. The SMILES string of the molecule is CCCCc1cc2ccccc2cc1CN. The van der Waals surface area contributed by atoms with Crippen LogP contribution in [0.15, 0.2) is 36.4 Å². The molecule has 2 N–H and O–H groups in total. The highest BCUT2D eigenvalue weighted by molar-refractivity contribution is 5.84. The van der Waals surface area contributed by atoms with E-state index in [2.05, 4.69) is 43.3 Å². The molecule has 0 saturated carbocycles. The van der Waals surface area contributed by atoms with Crippen molar-refractivity contribution in [2.75, 3.05) is 0 Å². The zero-order valence-corrected chi connectivity index (χ0v) is 9.87. The highest BCUT2D eigenvalue weighted by Gasteiger charge is 2.03. The average molecular weight is 213 g/mol. The summed E-state index contributed by atoms with van der Waals surface area (Å²) in [5.41, 5.74) is 8.53. The van der Waals surface area contributed by atoms with Gasteiger partial charge in [0.05, 0.1) is 0 Å². The first-order chi connectivity index (χ1) is 7.85. The number of fused-ring (bicyclic) bond motifs is 1. The molecule has 1 nitrogen and oxygen atoms in total. The molecule has 0 heterocycles. The van der Waals surface area contributed by atoms with Crippen LogP contribution in [0.2, 0.25) is 0 Å². The highest BCUT2D eigenvalue weighted by atomic mass is 14.5. The summed E-state index contributed by atoms with van der Waals surface area (Å²) in [6.45, 7) is 2.87. The van der Waals surface area contributed by atoms with E-state index in [9.17, 15) is 0 Å². The van der Waals surface area contributed by atoms with Gasteiger partial charge < -0.3 is 5.73 Å². The fourth-order valence-corrected chi connectivity index (χ4v) is 2.12. The molecule has 0 radical (unpaired) electrons. The third-order valence-electron chi connectivity index (χ3n) is 3.09. The Labute approximate surface area is 97.3 Å². The molecule has 2 aromatic carbocycles. The molecule has 2 rings (SSSR count). The number of aryl methyl sites for hydroxylation is 1. The third kappa shape index (κ3) is 2.25. The molecule has 0 bridgehead atoms. The van der Waals surface area contributed by atoms with Crippen LogP contribution in [0.5, 0.6) is 0 Å². The van der Waals surface area contributed by atoms with Gasteiger partial charge >= 0.3 is 0 Å². The van der Waals surface area contributed by atoms with E-state index >= 15 is 0 Å². The van der Waals surface area contributed by atoms with Crippen molar-refractivity contribution in [3.05, 3.63) is 47.5 Å². The Kier molecular flexibility index (Phi) is 3.58. The van der Waals surface area contributed by atoms with Gasteiger partial charge in [-0.2, -0.15) is 0 Å². The summed E-state index contributed by atoms with van der Waals surface area (Å²) in [6, 6.07) is 13.0. The van der Waals surface area contributed by atoms with Crippen LogP contribution in [-0.4, -0.2) is 0 Å². The van der Waals surface area contributed by atoms with Crippen LogP contribution in [0.1, 0.15) is 30.9 Å². The second kappa shape index (κ2) is 5.13. The van der Waals surface area contributed by atoms with Gasteiger partial charge in [-0.15, -0.1) is 0 Å². The first-order valence-corrected chi connectivity index (χ1v) is 6.05. The number of hydrogen-bond acceptors (Lipinski definition) is 1. The number of nitrogens with two attached hydrogens (primary N) is 1. The topological polar surface area (TPSA) is 26.0 Å². The number of hydrogen-bond donors (Lipinski definition) is 1. The van der Waals surface area contributed by atoms with E-state index in [-0.39, 0.29) is 0 Å². The molecule has 2 aromatic rings. The average Bonchev–Trinajstić information content (AvgIpc) is 2.35. The van der Waals surface area contributed by atoms with Crippen LogP contribution in [0, 0.1) is 0 Å². The summed E-state index contributed by atoms with van der Waals surface area (Å²) >= 11 is 0. The van der Waals surface area contributed by atoms with Gasteiger partial charge in [0.1, 0.15) is 0 Å². The summed E-state index contributed by atoms with van der Waals surface area (Å²) in [5.74, 6) is 0. The smallest absolute Gasteiger partial charge is 0.0181 e. The van der Waals surface area contributed by atoms with E-state index in [1.807, 2.05) is 0 Å². The Morgan fingerprint density at radius 2 is 1.62 bits per heavy atom. The van der Waals surface area contributed by atoms with Crippen molar-refractivity contribution in [2.45, 2.75) is 32.7 Å². The van der Waals surface area contributed by atoms with Crippen molar-refractivity contribution in [3.8, 4) is 0 Å². The maximum Gasteiger partial charge on any atom is 0.0181 e. The van der Waals surface area contributed by atoms with Crippen LogP contribution < -0.4 is 5.73 Å². The lowest BCUT2D eigenvalue weighted by Gasteiger charge is -2.09. The normalized spacial score (nSPS) is 10.9. The fraction of sp³-hybridized carbons (Fsp3) is 0.333. The maximum absolute atomic E-state index is 5.81. The first kappa shape index (κ1) is 11.2.